The summed E-state index contributed by atoms with van der Waals surface area (Å²) in [4.78, 5) is 16.0. The fourth-order valence-corrected chi connectivity index (χ4v) is 1.62. The van der Waals surface area contributed by atoms with E-state index in [0.717, 1.165) is 0 Å². The second-order valence-electron chi connectivity index (χ2n) is 3.67. The van der Waals surface area contributed by atoms with E-state index in [4.69, 9.17) is 16.0 Å². The zero-order valence-corrected chi connectivity index (χ0v) is 11.2. The first-order valence-electron chi connectivity index (χ1n) is 5.61. The normalized spacial score (nSPS) is 10.3. The van der Waals surface area contributed by atoms with Crippen LogP contribution in [-0.2, 0) is 0 Å². The molecule has 0 unspecified atom stereocenters. The van der Waals surface area contributed by atoms with Crippen LogP contribution in [0.1, 0.15) is 23.2 Å². The predicted molar refractivity (Wildman–Crippen MR) is 70.4 cm³/mol. The van der Waals surface area contributed by atoms with Gasteiger partial charge in [-0.1, -0.05) is 16.7 Å². The van der Waals surface area contributed by atoms with E-state index in [1.807, 2.05) is 6.92 Å². The fourth-order valence-electron chi connectivity index (χ4n) is 1.42. The molecule has 8 heteroatoms. The number of nitrogens with one attached hydrogen (secondary N) is 2. The van der Waals surface area contributed by atoms with Crippen molar-refractivity contribution in [1.29, 1.82) is 0 Å². The number of halogens is 1. The molecule has 0 aromatic carbocycles. The minimum Gasteiger partial charge on any atom is -0.408 e. The summed E-state index contributed by atoms with van der Waals surface area (Å²) in [7, 11) is 0. The molecule has 0 radical (unpaired) electrons. The summed E-state index contributed by atoms with van der Waals surface area (Å²) in [6.45, 7) is 4.23. The maximum absolute atomic E-state index is 12.0. The van der Waals surface area contributed by atoms with Gasteiger partial charge in [-0.05, 0) is 19.1 Å². The Labute approximate surface area is 114 Å². The molecular weight excluding hydrogens is 270 g/mol. The average Bonchev–Trinajstić information content (AvgIpc) is 2.74. The Hall–Kier alpha value is -2.15. The summed E-state index contributed by atoms with van der Waals surface area (Å²) >= 11 is 5.85. The zero-order chi connectivity index (χ0) is 13.8. The highest BCUT2D eigenvalue weighted by Gasteiger charge is 2.12. The summed E-state index contributed by atoms with van der Waals surface area (Å²) in [5, 5.41) is 13.0. The van der Waals surface area contributed by atoms with Gasteiger partial charge >= 0.3 is 6.01 Å². The van der Waals surface area contributed by atoms with E-state index in [1.165, 1.54) is 6.07 Å². The molecule has 2 N–H and O–H groups in total. The van der Waals surface area contributed by atoms with Crippen LogP contribution in [0.15, 0.2) is 16.5 Å². The molecule has 0 saturated carbocycles. The predicted octanol–water partition coefficient (Wildman–Crippen LogP) is 2.11. The van der Waals surface area contributed by atoms with E-state index < -0.39 is 5.91 Å². The fraction of sp³-hybridized carbons (Fsp3) is 0.273. The van der Waals surface area contributed by atoms with Gasteiger partial charge in [0.25, 0.3) is 5.91 Å². The van der Waals surface area contributed by atoms with Crippen molar-refractivity contribution in [3.05, 3.63) is 28.7 Å². The Kier molecular flexibility index (Phi) is 3.96. The second kappa shape index (κ2) is 5.66. The lowest BCUT2D eigenvalue weighted by molar-refractivity contribution is 0.102. The number of nitrogens with zero attached hydrogens (tertiary/aromatic N) is 3. The first-order valence-corrected chi connectivity index (χ1v) is 5.99. The number of rotatable bonds is 4. The van der Waals surface area contributed by atoms with E-state index in [-0.39, 0.29) is 11.2 Å². The van der Waals surface area contributed by atoms with Crippen molar-refractivity contribution < 1.29 is 9.21 Å². The first kappa shape index (κ1) is 13.3. The van der Waals surface area contributed by atoms with Gasteiger partial charge in [-0.3, -0.25) is 10.1 Å². The maximum Gasteiger partial charge on any atom is 0.322 e. The molecular formula is C11H12ClN5O2. The van der Waals surface area contributed by atoms with Crippen LogP contribution >= 0.6 is 11.6 Å². The third kappa shape index (κ3) is 3.41. The lowest BCUT2D eigenvalue weighted by Gasteiger charge is -2.06. The summed E-state index contributed by atoms with van der Waals surface area (Å²) in [6, 6.07) is 3.09. The Morgan fingerprint density at radius 1 is 1.42 bits per heavy atom. The van der Waals surface area contributed by atoms with E-state index in [2.05, 4.69) is 25.8 Å². The molecule has 2 aromatic rings. The molecule has 0 aliphatic rings. The van der Waals surface area contributed by atoms with E-state index >= 15 is 0 Å². The summed E-state index contributed by atoms with van der Waals surface area (Å²) in [5.74, 6) is 0.505. The smallest absolute Gasteiger partial charge is 0.322 e. The number of hydrogen-bond donors (Lipinski definition) is 2. The van der Waals surface area contributed by atoms with Gasteiger partial charge in [0.05, 0.1) is 0 Å². The monoisotopic (exact) mass is 281 g/mol. The van der Waals surface area contributed by atoms with Gasteiger partial charge < -0.3 is 9.73 Å². The van der Waals surface area contributed by atoms with Gasteiger partial charge in [-0.2, -0.15) is 0 Å². The maximum atomic E-state index is 12.0. The van der Waals surface area contributed by atoms with Crippen LogP contribution in [-0.4, -0.2) is 27.6 Å². The third-order valence-electron chi connectivity index (χ3n) is 2.16. The van der Waals surface area contributed by atoms with Crippen molar-refractivity contribution in [1.82, 2.24) is 15.2 Å². The number of anilines is 2. The van der Waals surface area contributed by atoms with Crippen LogP contribution in [0.25, 0.3) is 0 Å². The quantitative estimate of drug-likeness (QED) is 0.834. The van der Waals surface area contributed by atoms with Crippen molar-refractivity contribution in [3.8, 4) is 0 Å². The molecule has 2 rings (SSSR count). The van der Waals surface area contributed by atoms with Gasteiger partial charge in [0.1, 0.15) is 11.0 Å². The summed E-state index contributed by atoms with van der Waals surface area (Å²) < 4.78 is 5.07. The van der Waals surface area contributed by atoms with E-state index in [9.17, 15) is 4.79 Å². The van der Waals surface area contributed by atoms with Crippen molar-refractivity contribution >= 4 is 29.3 Å². The number of aromatic nitrogens is 3. The number of hydrogen-bond acceptors (Lipinski definition) is 6. The van der Waals surface area contributed by atoms with Crippen LogP contribution < -0.4 is 10.6 Å². The standard InChI is InChI=1S/C11H12ClN5O2/c1-3-13-9-5-7(4-8(12)14-9)10(18)15-11-17-16-6(2)19-11/h4-5H,3H2,1-2H3,(H,13,14)(H,15,17,18). The molecule has 2 heterocycles. The summed E-state index contributed by atoms with van der Waals surface area (Å²) in [5.41, 5.74) is 0.354. The van der Waals surface area contributed by atoms with Gasteiger partial charge in [-0.15, -0.1) is 5.10 Å². The Morgan fingerprint density at radius 3 is 2.84 bits per heavy atom. The van der Waals surface area contributed by atoms with Crippen LogP contribution in [0.4, 0.5) is 11.8 Å². The van der Waals surface area contributed by atoms with E-state index in [0.29, 0.717) is 23.8 Å². The topological polar surface area (TPSA) is 92.9 Å². The van der Waals surface area contributed by atoms with Gasteiger partial charge in [0.2, 0.25) is 5.89 Å². The molecule has 100 valence electrons. The minimum atomic E-state index is -0.396. The molecule has 0 atom stereocenters. The number of carbonyl (C=O) groups is 1. The zero-order valence-electron chi connectivity index (χ0n) is 10.4. The SMILES string of the molecule is CCNc1cc(C(=O)Nc2nnc(C)o2)cc(Cl)n1. The Morgan fingerprint density at radius 2 is 2.21 bits per heavy atom. The lowest BCUT2D eigenvalue weighted by atomic mass is 10.2. The van der Waals surface area contributed by atoms with Crippen molar-refractivity contribution in [2.45, 2.75) is 13.8 Å². The van der Waals surface area contributed by atoms with Crippen molar-refractivity contribution in [2.75, 3.05) is 17.2 Å². The first-order chi connectivity index (χ1) is 9.08. The molecule has 19 heavy (non-hydrogen) atoms. The number of pyridine rings is 1. The lowest BCUT2D eigenvalue weighted by Crippen LogP contribution is -2.13. The van der Waals surface area contributed by atoms with Crippen LogP contribution in [0, 0.1) is 6.92 Å². The molecule has 0 saturated heterocycles. The Bertz CT molecular complexity index is 599. The summed E-state index contributed by atoms with van der Waals surface area (Å²) in [6.07, 6.45) is 0. The molecule has 2 aromatic heterocycles. The average molecular weight is 282 g/mol. The number of carbonyl (C=O) groups excluding carboxylic acids is 1. The molecule has 0 spiro atoms. The molecule has 0 aliphatic heterocycles. The number of aryl methyl sites for hydroxylation is 1. The minimum absolute atomic E-state index is 0.0421. The molecule has 1 amide bonds. The highest BCUT2D eigenvalue weighted by Crippen LogP contribution is 2.16. The number of amides is 1. The highest BCUT2D eigenvalue weighted by molar-refractivity contribution is 6.30. The van der Waals surface area contributed by atoms with Gasteiger partial charge in [0.15, 0.2) is 0 Å². The van der Waals surface area contributed by atoms with Gasteiger partial charge in [0, 0.05) is 19.0 Å². The van der Waals surface area contributed by atoms with Crippen LogP contribution in [0.5, 0.6) is 0 Å². The van der Waals surface area contributed by atoms with Crippen LogP contribution in [0.3, 0.4) is 0 Å². The Balaban J connectivity index is 2.18. The molecule has 7 nitrogen and oxygen atoms in total. The second-order valence-corrected chi connectivity index (χ2v) is 4.06. The molecule has 0 bridgehead atoms. The molecule has 0 fully saturated rings. The van der Waals surface area contributed by atoms with Crippen molar-refractivity contribution in [3.63, 3.8) is 0 Å². The van der Waals surface area contributed by atoms with E-state index in [1.54, 1.807) is 13.0 Å². The van der Waals surface area contributed by atoms with Crippen LogP contribution in [0.2, 0.25) is 5.15 Å². The third-order valence-corrected chi connectivity index (χ3v) is 2.35. The largest absolute Gasteiger partial charge is 0.408 e. The van der Waals surface area contributed by atoms with Crippen molar-refractivity contribution in [2.24, 2.45) is 0 Å². The molecule has 0 aliphatic carbocycles. The van der Waals surface area contributed by atoms with Gasteiger partial charge in [-0.25, -0.2) is 4.98 Å². The highest BCUT2D eigenvalue weighted by atomic mass is 35.5.